The predicted molar refractivity (Wildman–Crippen MR) is 83.9 cm³/mol. The van der Waals surface area contributed by atoms with Crippen LogP contribution in [0.15, 0.2) is 42.5 Å². The Kier molecular flexibility index (Phi) is 8.45. The highest BCUT2D eigenvalue weighted by Gasteiger charge is 1.91. The molecule has 1 aromatic carbocycles. The fourth-order valence-electron chi connectivity index (χ4n) is 1.23. The van der Waals surface area contributed by atoms with Crippen LogP contribution in [0.1, 0.15) is 25.3 Å². The number of esters is 1. The van der Waals surface area contributed by atoms with Crippen LogP contribution in [0.4, 0.5) is 0 Å². The minimum atomic E-state index is -0.453. The van der Waals surface area contributed by atoms with Crippen molar-refractivity contribution in [3.8, 4) is 35.5 Å². The molecule has 0 saturated heterocycles. The van der Waals surface area contributed by atoms with E-state index >= 15 is 0 Å². The van der Waals surface area contributed by atoms with Crippen molar-refractivity contribution in [3.63, 3.8) is 0 Å². The highest BCUT2D eigenvalue weighted by atomic mass is 16.5. The van der Waals surface area contributed by atoms with Crippen LogP contribution in [0.3, 0.4) is 0 Å². The van der Waals surface area contributed by atoms with Gasteiger partial charge in [-0.05, 0) is 42.4 Å². The van der Waals surface area contributed by atoms with E-state index in [1.54, 1.807) is 0 Å². The van der Waals surface area contributed by atoms with Crippen molar-refractivity contribution < 1.29 is 9.53 Å². The zero-order valence-corrected chi connectivity index (χ0v) is 12.0. The summed E-state index contributed by atoms with van der Waals surface area (Å²) in [7, 11) is 0. The fourth-order valence-corrected chi connectivity index (χ4v) is 1.23. The summed E-state index contributed by atoms with van der Waals surface area (Å²) in [6.07, 6.45) is 4.61. The average Bonchev–Trinajstić information content (AvgIpc) is 2.51. The van der Waals surface area contributed by atoms with E-state index in [-0.39, 0.29) is 6.61 Å². The summed E-state index contributed by atoms with van der Waals surface area (Å²) in [5.41, 5.74) is 0.900. The van der Waals surface area contributed by atoms with Crippen LogP contribution in [0.2, 0.25) is 0 Å². The van der Waals surface area contributed by atoms with Gasteiger partial charge in [-0.2, -0.15) is 0 Å². The quantitative estimate of drug-likeness (QED) is 0.482. The summed E-state index contributed by atoms with van der Waals surface area (Å²) in [4.78, 5) is 11.2. The van der Waals surface area contributed by atoms with Crippen molar-refractivity contribution >= 4 is 5.97 Å². The van der Waals surface area contributed by atoms with E-state index in [0.29, 0.717) is 0 Å². The molecule has 0 atom stereocenters. The Morgan fingerprint density at radius 1 is 1.19 bits per heavy atom. The van der Waals surface area contributed by atoms with Gasteiger partial charge in [-0.1, -0.05) is 42.9 Å². The van der Waals surface area contributed by atoms with Gasteiger partial charge in [0.2, 0.25) is 0 Å². The third-order valence-corrected chi connectivity index (χ3v) is 2.20. The number of hydrogen-bond donors (Lipinski definition) is 0. The van der Waals surface area contributed by atoms with E-state index in [4.69, 9.17) is 4.74 Å². The molecule has 0 unspecified atom stereocenters. The number of carbonyl (C=O) groups is 1. The van der Waals surface area contributed by atoms with Gasteiger partial charge in [0.1, 0.15) is 0 Å². The molecule has 0 aliphatic rings. The van der Waals surface area contributed by atoms with E-state index in [2.05, 4.69) is 35.5 Å². The van der Waals surface area contributed by atoms with Crippen LogP contribution in [0, 0.1) is 35.5 Å². The average molecular weight is 276 g/mol. The molecule has 1 aromatic rings. The largest absolute Gasteiger partial charge is 0.449 e. The third-order valence-electron chi connectivity index (χ3n) is 2.20. The van der Waals surface area contributed by atoms with Gasteiger partial charge in [0.25, 0.3) is 0 Å². The maximum absolute atomic E-state index is 11.2. The summed E-state index contributed by atoms with van der Waals surface area (Å²) in [5.74, 6) is 16.1. The molecule has 0 radical (unpaired) electrons. The van der Waals surface area contributed by atoms with Crippen molar-refractivity contribution in [2.24, 2.45) is 0 Å². The maximum Gasteiger partial charge on any atom is 0.332 e. The van der Waals surface area contributed by atoms with E-state index in [1.807, 2.05) is 37.3 Å². The van der Waals surface area contributed by atoms with Gasteiger partial charge >= 0.3 is 5.97 Å². The van der Waals surface area contributed by atoms with Crippen LogP contribution in [0.25, 0.3) is 0 Å². The maximum atomic E-state index is 11.2. The first-order chi connectivity index (χ1) is 10.3. The lowest BCUT2D eigenvalue weighted by molar-refractivity contribution is -0.136. The number of unbranched alkanes of at least 4 members (excludes halogenated alkanes) is 1. The number of benzene rings is 1. The Balaban J connectivity index is 2.29. The SMILES string of the molecule is CCCC#C/C=C/C(=O)OCC#CC#Cc1ccccc1. The normalized spacial score (nSPS) is 8.62. The van der Waals surface area contributed by atoms with Gasteiger partial charge in [-0.3, -0.25) is 0 Å². The molecule has 2 heteroatoms. The fraction of sp³-hybridized carbons (Fsp3) is 0.211. The van der Waals surface area contributed by atoms with Gasteiger partial charge in [0.15, 0.2) is 6.61 Å². The molecule has 0 bridgehead atoms. The summed E-state index contributed by atoms with van der Waals surface area (Å²) >= 11 is 0. The topological polar surface area (TPSA) is 26.3 Å². The minimum absolute atomic E-state index is 0.0228. The highest BCUT2D eigenvalue weighted by Crippen LogP contribution is 1.94. The van der Waals surface area contributed by atoms with Gasteiger partial charge in [0.05, 0.1) is 0 Å². The Morgan fingerprint density at radius 3 is 2.76 bits per heavy atom. The van der Waals surface area contributed by atoms with Gasteiger partial charge in [-0.15, -0.1) is 0 Å². The second kappa shape index (κ2) is 11.0. The molecule has 0 saturated carbocycles. The van der Waals surface area contributed by atoms with Crippen LogP contribution < -0.4 is 0 Å². The third kappa shape index (κ3) is 8.77. The van der Waals surface area contributed by atoms with Crippen LogP contribution in [-0.4, -0.2) is 12.6 Å². The zero-order chi connectivity index (χ0) is 15.2. The molecule has 0 aliphatic carbocycles. The van der Waals surface area contributed by atoms with E-state index in [0.717, 1.165) is 18.4 Å². The first-order valence-electron chi connectivity index (χ1n) is 6.68. The molecule has 0 aliphatic heterocycles. The molecule has 0 amide bonds. The number of carbonyl (C=O) groups excluding carboxylic acids is 1. The second-order valence-electron chi connectivity index (χ2n) is 3.93. The molecule has 104 valence electrons. The first kappa shape index (κ1) is 16.2. The smallest absolute Gasteiger partial charge is 0.332 e. The first-order valence-corrected chi connectivity index (χ1v) is 6.68. The lowest BCUT2D eigenvalue weighted by atomic mass is 10.2. The number of hydrogen-bond acceptors (Lipinski definition) is 2. The lowest BCUT2D eigenvalue weighted by Crippen LogP contribution is -1.99. The molecule has 0 fully saturated rings. The van der Waals surface area contributed by atoms with E-state index in [9.17, 15) is 4.79 Å². The zero-order valence-electron chi connectivity index (χ0n) is 12.0. The van der Waals surface area contributed by atoms with Crippen LogP contribution in [-0.2, 0) is 9.53 Å². The van der Waals surface area contributed by atoms with Gasteiger partial charge in [-0.25, -0.2) is 4.79 Å². The van der Waals surface area contributed by atoms with Crippen LogP contribution in [0.5, 0.6) is 0 Å². The monoisotopic (exact) mass is 276 g/mol. The Hall–Kier alpha value is -2.89. The Bertz CT molecular complexity index is 650. The molecular formula is C19H16O2. The van der Waals surface area contributed by atoms with Crippen molar-refractivity contribution in [3.05, 3.63) is 48.0 Å². The predicted octanol–water partition coefficient (Wildman–Crippen LogP) is 2.94. The standard InChI is InChI=1S/C19H16O2/c1-2-3-4-5-11-16-19(20)21-17-12-7-10-15-18-13-8-6-9-14-18/h6,8-9,11,13-14,16H,2-3,17H2,1H3/b16-11+. The Labute approximate surface area is 126 Å². The molecule has 0 N–H and O–H groups in total. The minimum Gasteiger partial charge on any atom is -0.449 e. The molecule has 0 heterocycles. The summed E-state index contributed by atoms with van der Waals surface area (Å²) < 4.78 is 4.87. The number of allylic oxidation sites excluding steroid dienone is 1. The Morgan fingerprint density at radius 2 is 2.00 bits per heavy atom. The molecule has 1 rings (SSSR count). The molecule has 0 spiro atoms. The van der Waals surface area contributed by atoms with E-state index < -0.39 is 5.97 Å². The molecular weight excluding hydrogens is 260 g/mol. The van der Waals surface area contributed by atoms with Gasteiger partial charge in [0, 0.05) is 18.1 Å². The summed E-state index contributed by atoms with van der Waals surface area (Å²) in [6.45, 7) is 2.07. The highest BCUT2D eigenvalue weighted by molar-refractivity contribution is 5.82. The van der Waals surface area contributed by atoms with Crippen LogP contribution >= 0.6 is 0 Å². The molecule has 21 heavy (non-hydrogen) atoms. The van der Waals surface area contributed by atoms with Gasteiger partial charge < -0.3 is 4.74 Å². The summed E-state index contributed by atoms with van der Waals surface area (Å²) in [6, 6.07) is 9.55. The summed E-state index contributed by atoms with van der Waals surface area (Å²) in [5, 5.41) is 0. The molecule has 2 nitrogen and oxygen atoms in total. The second-order valence-corrected chi connectivity index (χ2v) is 3.93. The van der Waals surface area contributed by atoms with Crippen molar-refractivity contribution in [1.82, 2.24) is 0 Å². The lowest BCUT2D eigenvalue weighted by Gasteiger charge is -1.91. The van der Waals surface area contributed by atoms with Crippen molar-refractivity contribution in [2.45, 2.75) is 19.8 Å². The number of ether oxygens (including phenoxy) is 1. The molecule has 0 aromatic heterocycles. The van der Waals surface area contributed by atoms with E-state index in [1.165, 1.54) is 12.2 Å². The van der Waals surface area contributed by atoms with Crippen molar-refractivity contribution in [1.29, 1.82) is 0 Å². The number of rotatable bonds is 3. The van der Waals surface area contributed by atoms with Crippen molar-refractivity contribution in [2.75, 3.05) is 6.61 Å².